The highest BCUT2D eigenvalue weighted by Crippen LogP contribution is 2.33. The number of halogens is 1. The molecule has 5 heteroatoms. The van der Waals surface area contributed by atoms with Gasteiger partial charge in [0.25, 0.3) is 0 Å². The van der Waals surface area contributed by atoms with Crippen LogP contribution in [-0.2, 0) is 11.8 Å². The van der Waals surface area contributed by atoms with Crippen molar-refractivity contribution in [1.29, 1.82) is 5.26 Å². The fourth-order valence-electron chi connectivity index (χ4n) is 2.96. The average Bonchev–Trinajstić information content (AvgIpc) is 2.99. The lowest BCUT2D eigenvalue weighted by Crippen LogP contribution is -2.10. The average molecular weight is 365 g/mol. The number of carbonyl (C=O) groups excluding carboxylic acids is 1. The van der Waals surface area contributed by atoms with Crippen LogP contribution in [0.1, 0.15) is 23.0 Å². The van der Waals surface area contributed by atoms with Crippen LogP contribution in [0.25, 0.3) is 22.3 Å². The molecule has 130 valence electrons. The summed E-state index contributed by atoms with van der Waals surface area (Å²) in [4.78, 5) is 12.4. The molecule has 0 unspecified atom stereocenters. The molecule has 3 aromatic rings. The molecule has 0 aliphatic carbocycles. The standard InChI is InChI=1S/C21H17ClN2O2/c1-3-26-21(25)20-19(16(12-23)13-24(20)2)15-10-8-14(9-11-15)17-6-4-5-7-18(17)22/h4-11,13H,3H2,1-2H3. The number of carbonyl (C=O) groups is 1. The maximum atomic E-state index is 12.4. The third kappa shape index (κ3) is 3.22. The van der Waals surface area contributed by atoms with Gasteiger partial charge in [-0.2, -0.15) is 5.26 Å². The summed E-state index contributed by atoms with van der Waals surface area (Å²) >= 11 is 6.26. The zero-order chi connectivity index (χ0) is 18.7. The van der Waals surface area contributed by atoms with Gasteiger partial charge >= 0.3 is 5.97 Å². The van der Waals surface area contributed by atoms with E-state index in [1.54, 1.807) is 24.7 Å². The molecule has 0 spiro atoms. The normalized spacial score (nSPS) is 10.4. The number of nitrogens with zero attached hydrogens (tertiary/aromatic N) is 2. The molecule has 2 aromatic carbocycles. The third-order valence-electron chi connectivity index (χ3n) is 4.13. The van der Waals surface area contributed by atoms with Gasteiger partial charge in [0.1, 0.15) is 11.8 Å². The number of esters is 1. The Hall–Kier alpha value is -3.03. The number of ether oxygens (including phenoxy) is 1. The summed E-state index contributed by atoms with van der Waals surface area (Å²) in [6.07, 6.45) is 1.64. The van der Waals surface area contributed by atoms with E-state index in [0.29, 0.717) is 21.8 Å². The van der Waals surface area contributed by atoms with Crippen molar-refractivity contribution in [3.05, 3.63) is 71.0 Å². The Bertz CT molecular complexity index is 998. The highest BCUT2D eigenvalue weighted by molar-refractivity contribution is 6.33. The maximum absolute atomic E-state index is 12.4. The number of rotatable bonds is 4. The van der Waals surface area contributed by atoms with Gasteiger partial charge in [0.05, 0.1) is 12.2 Å². The quantitative estimate of drug-likeness (QED) is 0.608. The molecule has 0 aliphatic heterocycles. The topological polar surface area (TPSA) is 55.0 Å². The smallest absolute Gasteiger partial charge is 0.355 e. The lowest BCUT2D eigenvalue weighted by molar-refractivity contribution is 0.0516. The molecule has 4 nitrogen and oxygen atoms in total. The number of nitriles is 1. The second kappa shape index (κ2) is 7.47. The largest absolute Gasteiger partial charge is 0.461 e. The summed E-state index contributed by atoms with van der Waals surface area (Å²) in [5.41, 5.74) is 4.06. The van der Waals surface area contributed by atoms with Gasteiger partial charge in [0, 0.05) is 29.4 Å². The van der Waals surface area contributed by atoms with E-state index in [0.717, 1.165) is 16.7 Å². The van der Waals surface area contributed by atoms with Crippen molar-refractivity contribution in [2.45, 2.75) is 6.92 Å². The van der Waals surface area contributed by atoms with Gasteiger partial charge in [-0.05, 0) is 24.1 Å². The number of aromatic nitrogens is 1. The van der Waals surface area contributed by atoms with E-state index in [1.165, 1.54) is 0 Å². The zero-order valence-electron chi connectivity index (χ0n) is 14.5. The van der Waals surface area contributed by atoms with Crippen LogP contribution in [0.15, 0.2) is 54.7 Å². The first-order valence-corrected chi connectivity index (χ1v) is 8.56. The Kier molecular flexibility index (Phi) is 5.11. The molecule has 0 amide bonds. The molecule has 0 atom stereocenters. The second-order valence-corrected chi connectivity index (χ2v) is 6.17. The number of aryl methyl sites for hydroxylation is 1. The monoisotopic (exact) mass is 364 g/mol. The molecule has 0 N–H and O–H groups in total. The summed E-state index contributed by atoms with van der Waals surface area (Å²) in [5.74, 6) is -0.443. The van der Waals surface area contributed by atoms with Crippen molar-refractivity contribution in [2.75, 3.05) is 6.61 Å². The molecule has 1 aromatic heterocycles. The van der Waals surface area contributed by atoms with E-state index in [9.17, 15) is 10.1 Å². The lowest BCUT2D eigenvalue weighted by atomic mass is 9.98. The lowest BCUT2D eigenvalue weighted by Gasteiger charge is -2.09. The third-order valence-corrected chi connectivity index (χ3v) is 4.46. The first-order valence-electron chi connectivity index (χ1n) is 8.18. The van der Waals surface area contributed by atoms with Crippen LogP contribution in [0.3, 0.4) is 0 Å². The van der Waals surface area contributed by atoms with Crippen molar-refractivity contribution in [1.82, 2.24) is 4.57 Å². The zero-order valence-corrected chi connectivity index (χ0v) is 15.2. The van der Waals surface area contributed by atoms with Crippen LogP contribution in [-0.4, -0.2) is 17.1 Å². The first-order chi connectivity index (χ1) is 12.6. The SMILES string of the molecule is CCOC(=O)c1c(-c2ccc(-c3ccccc3Cl)cc2)c(C#N)cn1C. The number of hydrogen-bond donors (Lipinski definition) is 0. The van der Waals surface area contributed by atoms with E-state index in [2.05, 4.69) is 6.07 Å². The first kappa shape index (κ1) is 17.8. The Morgan fingerprint density at radius 3 is 2.42 bits per heavy atom. The van der Waals surface area contributed by atoms with Crippen molar-refractivity contribution in [3.63, 3.8) is 0 Å². The number of benzene rings is 2. The number of hydrogen-bond acceptors (Lipinski definition) is 3. The predicted molar refractivity (Wildman–Crippen MR) is 102 cm³/mol. The minimum absolute atomic E-state index is 0.275. The van der Waals surface area contributed by atoms with Gasteiger partial charge < -0.3 is 9.30 Å². The molecular formula is C21H17ClN2O2. The van der Waals surface area contributed by atoms with Gasteiger partial charge in [-0.25, -0.2) is 4.79 Å². The Labute approximate surface area is 157 Å². The molecule has 0 radical (unpaired) electrons. The highest BCUT2D eigenvalue weighted by atomic mass is 35.5. The van der Waals surface area contributed by atoms with E-state index < -0.39 is 5.97 Å². The van der Waals surface area contributed by atoms with E-state index >= 15 is 0 Å². The summed E-state index contributed by atoms with van der Waals surface area (Å²) in [6.45, 7) is 2.03. The predicted octanol–water partition coefficient (Wildman–Crippen LogP) is 5.06. The molecule has 0 saturated heterocycles. The molecule has 0 bridgehead atoms. The van der Waals surface area contributed by atoms with E-state index in [-0.39, 0.29) is 6.61 Å². The van der Waals surface area contributed by atoms with Gasteiger partial charge in [-0.3, -0.25) is 0 Å². The summed E-state index contributed by atoms with van der Waals surface area (Å²) in [5, 5.41) is 10.1. The minimum atomic E-state index is -0.443. The van der Waals surface area contributed by atoms with Crippen LogP contribution in [0.5, 0.6) is 0 Å². The summed E-state index contributed by atoms with van der Waals surface area (Å²) in [6, 6.07) is 17.4. The minimum Gasteiger partial charge on any atom is -0.461 e. The van der Waals surface area contributed by atoms with Gasteiger partial charge in [-0.15, -0.1) is 0 Å². The van der Waals surface area contributed by atoms with Crippen molar-refractivity contribution in [2.24, 2.45) is 7.05 Å². The molecule has 26 heavy (non-hydrogen) atoms. The van der Waals surface area contributed by atoms with Crippen LogP contribution in [0.2, 0.25) is 5.02 Å². The van der Waals surface area contributed by atoms with Gasteiger partial charge in [-0.1, -0.05) is 54.1 Å². The maximum Gasteiger partial charge on any atom is 0.355 e. The molecule has 0 aliphatic rings. The Morgan fingerprint density at radius 2 is 1.81 bits per heavy atom. The van der Waals surface area contributed by atoms with E-state index in [4.69, 9.17) is 16.3 Å². The molecule has 0 saturated carbocycles. The van der Waals surface area contributed by atoms with Crippen molar-refractivity contribution < 1.29 is 9.53 Å². The van der Waals surface area contributed by atoms with E-state index in [1.807, 2.05) is 48.5 Å². The van der Waals surface area contributed by atoms with Crippen molar-refractivity contribution in [3.8, 4) is 28.3 Å². The second-order valence-electron chi connectivity index (χ2n) is 5.77. The highest BCUT2D eigenvalue weighted by Gasteiger charge is 2.22. The van der Waals surface area contributed by atoms with Gasteiger partial charge in [0.2, 0.25) is 0 Å². The molecular weight excluding hydrogens is 348 g/mol. The van der Waals surface area contributed by atoms with Crippen LogP contribution < -0.4 is 0 Å². The Balaban J connectivity index is 2.09. The summed E-state index contributed by atoms with van der Waals surface area (Å²) < 4.78 is 6.78. The van der Waals surface area contributed by atoms with Crippen LogP contribution in [0.4, 0.5) is 0 Å². The molecule has 0 fully saturated rings. The fraction of sp³-hybridized carbons (Fsp3) is 0.143. The Morgan fingerprint density at radius 1 is 1.15 bits per heavy atom. The fourth-order valence-corrected chi connectivity index (χ4v) is 3.21. The van der Waals surface area contributed by atoms with Crippen molar-refractivity contribution >= 4 is 17.6 Å². The molecule has 1 heterocycles. The van der Waals surface area contributed by atoms with Gasteiger partial charge in [0.15, 0.2) is 0 Å². The van der Waals surface area contributed by atoms with Crippen LogP contribution >= 0.6 is 11.6 Å². The molecule has 3 rings (SSSR count). The summed E-state index contributed by atoms with van der Waals surface area (Å²) in [7, 11) is 1.73. The van der Waals surface area contributed by atoms with Crippen LogP contribution in [0, 0.1) is 11.3 Å².